The molecule has 0 radical (unpaired) electrons. The molecule has 3 aromatic carbocycles. The maximum absolute atomic E-state index is 10.9. The first-order valence-corrected chi connectivity index (χ1v) is 10.0. The van der Waals surface area contributed by atoms with Crippen LogP contribution in [0.3, 0.4) is 0 Å². The monoisotopic (exact) mass is 424 g/mol. The van der Waals surface area contributed by atoms with Crippen LogP contribution in [-0.4, -0.2) is 20.9 Å². The van der Waals surface area contributed by atoms with E-state index in [4.69, 9.17) is 33.4 Å². The average Bonchev–Trinajstić information content (AvgIpc) is 3.11. The Bertz CT molecular complexity index is 1180. The van der Waals surface area contributed by atoms with Gasteiger partial charge in [-0.15, -0.1) is 0 Å². The van der Waals surface area contributed by atoms with Gasteiger partial charge in [0.05, 0.1) is 11.4 Å². The number of benzene rings is 3. The highest BCUT2D eigenvalue weighted by atomic mass is 35.5. The van der Waals surface area contributed by atoms with Gasteiger partial charge < -0.3 is 5.11 Å². The van der Waals surface area contributed by atoms with Crippen LogP contribution in [0.2, 0.25) is 10.0 Å². The molecule has 4 nitrogen and oxygen atoms in total. The SMILES string of the molecule is O=C(O)CCCc1cc(-c2cc(Cl)cc(Cl)c2)nn1-c1ccc2ccccc2c1. The summed E-state index contributed by atoms with van der Waals surface area (Å²) < 4.78 is 1.87. The van der Waals surface area contributed by atoms with Gasteiger partial charge in [-0.2, -0.15) is 5.10 Å². The molecular formula is C23H18Cl2N2O2. The van der Waals surface area contributed by atoms with E-state index in [1.54, 1.807) is 6.07 Å². The summed E-state index contributed by atoms with van der Waals surface area (Å²) in [6.45, 7) is 0. The number of hydrogen-bond acceptors (Lipinski definition) is 2. The van der Waals surface area contributed by atoms with Crippen LogP contribution in [0, 0.1) is 0 Å². The number of hydrogen-bond donors (Lipinski definition) is 1. The molecule has 1 heterocycles. The summed E-state index contributed by atoms with van der Waals surface area (Å²) in [5, 5.41) is 17.1. The highest BCUT2D eigenvalue weighted by Crippen LogP contribution is 2.29. The fourth-order valence-electron chi connectivity index (χ4n) is 3.39. The van der Waals surface area contributed by atoms with Crippen molar-refractivity contribution in [3.8, 4) is 16.9 Å². The van der Waals surface area contributed by atoms with Crippen LogP contribution < -0.4 is 0 Å². The molecule has 0 aliphatic rings. The third kappa shape index (κ3) is 4.44. The first-order valence-electron chi connectivity index (χ1n) is 9.26. The van der Waals surface area contributed by atoms with Gasteiger partial charge in [0.1, 0.15) is 0 Å². The van der Waals surface area contributed by atoms with Crippen molar-refractivity contribution >= 4 is 39.9 Å². The summed E-state index contributed by atoms with van der Waals surface area (Å²) in [5.41, 5.74) is 3.43. The zero-order valence-corrected chi connectivity index (χ0v) is 17.0. The number of rotatable bonds is 6. The second-order valence-electron chi connectivity index (χ2n) is 6.87. The molecule has 0 saturated carbocycles. The minimum Gasteiger partial charge on any atom is -0.481 e. The molecule has 0 atom stereocenters. The van der Waals surface area contributed by atoms with Crippen LogP contribution >= 0.6 is 23.2 Å². The molecule has 4 aromatic rings. The summed E-state index contributed by atoms with van der Waals surface area (Å²) in [7, 11) is 0. The number of aromatic nitrogens is 2. The third-order valence-electron chi connectivity index (χ3n) is 4.74. The van der Waals surface area contributed by atoms with E-state index in [-0.39, 0.29) is 6.42 Å². The number of fused-ring (bicyclic) bond motifs is 1. The maximum Gasteiger partial charge on any atom is 0.303 e. The number of carboxylic acids is 1. The number of aliphatic carboxylic acids is 1. The van der Waals surface area contributed by atoms with Crippen molar-refractivity contribution in [1.82, 2.24) is 9.78 Å². The van der Waals surface area contributed by atoms with Crippen LogP contribution in [0.1, 0.15) is 18.5 Å². The minimum atomic E-state index is -0.802. The lowest BCUT2D eigenvalue weighted by Crippen LogP contribution is -2.04. The number of aryl methyl sites for hydroxylation is 1. The van der Waals surface area contributed by atoms with Crippen LogP contribution in [0.25, 0.3) is 27.7 Å². The highest BCUT2D eigenvalue weighted by molar-refractivity contribution is 6.35. The summed E-state index contributed by atoms with van der Waals surface area (Å²) in [6.07, 6.45) is 1.24. The summed E-state index contributed by atoms with van der Waals surface area (Å²) in [5.74, 6) is -0.802. The Kier molecular flexibility index (Phi) is 5.56. The molecule has 4 rings (SSSR count). The highest BCUT2D eigenvalue weighted by Gasteiger charge is 2.13. The second-order valence-corrected chi connectivity index (χ2v) is 7.74. The molecule has 6 heteroatoms. The summed E-state index contributed by atoms with van der Waals surface area (Å²) in [6, 6.07) is 21.6. The van der Waals surface area contributed by atoms with Crippen LogP contribution in [0.4, 0.5) is 0 Å². The van der Waals surface area contributed by atoms with E-state index in [0.717, 1.165) is 33.4 Å². The summed E-state index contributed by atoms with van der Waals surface area (Å²) in [4.78, 5) is 10.9. The Morgan fingerprint density at radius 1 is 0.931 bits per heavy atom. The smallest absolute Gasteiger partial charge is 0.303 e. The molecule has 146 valence electrons. The molecule has 0 unspecified atom stereocenters. The molecule has 0 aliphatic heterocycles. The van der Waals surface area contributed by atoms with E-state index in [1.165, 1.54) is 0 Å². The van der Waals surface area contributed by atoms with Crippen molar-refractivity contribution < 1.29 is 9.90 Å². The molecule has 29 heavy (non-hydrogen) atoms. The lowest BCUT2D eigenvalue weighted by Gasteiger charge is -2.08. The van der Waals surface area contributed by atoms with E-state index in [0.29, 0.717) is 22.9 Å². The number of carbonyl (C=O) groups is 1. The van der Waals surface area contributed by atoms with Gasteiger partial charge in [0.15, 0.2) is 0 Å². The molecule has 1 N–H and O–H groups in total. The average molecular weight is 425 g/mol. The van der Waals surface area contributed by atoms with Crippen molar-refractivity contribution in [2.75, 3.05) is 0 Å². The van der Waals surface area contributed by atoms with Gasteiger partial charge >= 0.3 is 5.97 Å². The molecule has 0 amide bonds. The fraction of sp³-hybridized carbons (Fsp3) is 0.130. The van der Waals surface area contributed by atoms with Crippen LogP contribution in [-0.2, 0) is 11.2 Å². The van der Waals surface area contributed by atoms with Gasteiger partial charge in [0.25, 0.3) is 0 Å². The van der Waals surface area contributed by atoms with Crippen LogP contribution in [0.5, 0.6) is 0 Å². The van der Waals surface area contributed by atoms with Crippen molar-refractivity contribution in [3.05, 3.63) is 82.5 Å². The fourth-order valence-corrected chi connectivity index (χ4v) is 3.92. The molecule has 0 aliphatic carbocycles. The second kappa shape index (κ2) is 8.27. The zero-order valence-electron chi connectivity index (χ0n) is 15.5. The van der Waals surface area contributed by atoms with Gasteiger partial charge in [-0.05, 0) is 60.0 Å². The van der Waals surface area contributed by atoms with Gasteiger partial charge in [-0.1, -0.05) is 53.5 Å². The molecule has 0 saturated heterocycles. The van der Waals surface area contributed by atoms with Gasteiger partial charge in [0, 0.05) is 27.7 Å². The number of nitrogens with zero attached hydrogens (tertiary/aromatic N) is 2. The van der Waals surface area contributed by atoms with Crippen molar-refractivity contribution in [2.24, 2.45) is 0 Å². The largest absolute Gasteiger partial charge is 0.481 e. The molecular weight excluding hydrogens is 407 g/mol. The van der Waals surface area contributed by atoms with Gasteiger partial charge in [0.2, 0.25) is 0 Å². The summed E-state index contributed by atoms with van der Waals surface area (Å²) >= 11 is 12.3. The van der Waals surface area contributed by atoms with E-state index in [2.05, 4.69) is 24.3 Å². The predicted octanol–water partition coefficient (Wildman–Crippen LogP) is 6.41. The van der Waals surface area contributed by atoms with Crippen LogP contribution in [0.15, 0.2) is 66.7 Å². The standard InChI is InChI=1S/C23H18Cl2N2O2/c24-18-10-17(11-19(25)13-18)22-14-20(6-3-7-23(28)29)27(26-22)21-9-8-15-4-1-2-5-16(15)12-21/h1-2,4-5,8-14H,3,6-7H2,(H,28,29). The van der Waals surface area contributed by atoms with Crippen molar-refractivity contribution in [2.45, 2.75) is 19.3 Å². The minimum absolute atomic E-state index is 0.112. The quantitative estimate of drug-likeness (QED) is 0.389. The predicted molar refractivity (Wildman–Crippen MR) is 117 cm³/mol. The van der Waals surface area contributed by atoms with E-state index in [1.807, 2.05) is 41.1 Å². The Hall–Kier alpha value is -2.82. The Labute approximate surface area is 178 Å². The van der Waals surface area contributed by atoms with E-state index < -0.39 is 5.97 Å². The number of halogens is 2. The Morgan fingerprint density at radius 2 is 1.66 bits per heavy atom. The zero-order chi connectivity index (χ0) is 20.4. The molecule has 1 aromatic heterocycles. The number of carboxylic acid groups (broad SMARTS) is 1. The van der Waals surface area contributed by atoms with Crippen molar-refractivity contribution in [1.29, 1.82) is 0 Å². The molecule has 0 spiro atoms. The lowest BCUT2D eigenvalue weighted by molar-refractivity contribution is -0.137. The van der Waals surface area contributed by atoms with Crippen molar-refractivity contribution in [3.63, 3.8) is 0 Å². The topological polar surface area (TPSA) is 55.1 Å². The first-order chi connectivity index (χ1) is 14.0. The first kappa shape index (κ1) is 19.5. The Morgan fingerprint density at radius 3 is 2.38 bits per heavy atom. The van der Waals surface area contributed by atoms with Gasteiger partial charge in [-0.25, -0.2) is 4.68 Å². The third-order valence-corrected chi connectivity index (χ3v) is 5.18. The Balaban J connectivity index is 1.78. The molecule has 0 bridgehead atoms. The maximum atomic E-state index is 10.9. The molecule has 0 fully saturated rings. The van der Waals surface area contributed by atoms with E-state index >= 15 is 0 Å². The van der Waals surface area contributed by atoms with E-state index in [9.17, 15) is 4.79 Å². The normalized spacial score (nSPS) is 11.1. The van der Waals surface area contributed by atoms with Gasteiger partial charge in [-0.3, -0.25) is 4.79 Å². The lowest BCUT2D eigenvalue weighted by atomic mass is 10.1.